The van der Waals surface area contributed by atoms with Crippen molar-refractivity contribution in [3.63, 3.8) is 0 Å². The average molecular weight is 382 g/mol. The van der Waals surface area contributed by atoms with Crippen LogP contribution in [0.5, 0.6) is 0 Å². The van der Waals surface area contributed by atoms with Crippen molar-refractivity contribution in [2.75, 3.05) is 33.0 Å². The van der Waals surface area contributed by atoms with E-state index < -0.39 is 49.7 Å². The number of hydroxylamine groups is 2. The van der Waals surface area contributed by atoms with E-state index >= 15 is 0 Å². The molecule has 0 saturated heterocycles. The van der Waals surface area contributed by atoms with Gasteiger partial charge >= 0.3 is 18.3 Å². The fraction of sp³-hybridized carbons (Fsp3) is 0.769. The molecule has 0 aliphatic carbocycles. The van der Waals surface area contributed by atoms with Crippen molar-refractivity contribution >= 4 is 18.3 Å². The molecule has 1 unspecified atom stereocenters. The summed E-state index contributed by atoms with van der Waals surface area (Å²) in [5.74, 6) is 0. The van der Waals surface area contributed by atoms with Crippen LogP contribution in [0.1, 0.15) is 19.3 Å². The van der Waals surface area contributed by atoms with Crippen molar-refractivity contribution < 1.29 is 44.0 Å². The van der Waals surface area contributed by atoms with Crippen molar-refractivity contribution in [2.45, 2.75) is 30.9 Å². The second-order valence-electron chi connectivity index (χ2n) is 5.18. The number of carbonyl (C=O) groups excluding carboxylic acids is 3. The summed E-state index contributed by atoms with van der Waals surface area (Å²) in [4.78, 5) is 38.1. The third-order valence-corrected chi connectivity index (χ3v) is 3.49. The highest BCUT2D eigenvalue weighted by molar-refractivity contribution is 5.65. The van der Waals surface area contributed by atoms with E-state index in [2.05, 4.69) is 4.74 Å². The predicted molar refractivity (Wildman–Crippen MR) is 85.2 cm³/mol. The SMILES string of the molecule is NC(=O)OCCN(OC(N)=O)C(CCO)C(CCO)(CCO)OC(N)=O. The normalized spacial score (nSPS) is 12.5. The molecule has 9 N–H and O–H groups in total. The number of aliphatic hydroxyl groups excluding tert-OH is 3. The van der Waals surface area contributed by atoms with Crippen LogP contribution in [-0.2, 0) is 14.3 Å². The molecule has 0 radical (unpaired) electrons. The van der Waals surface area contributed by atoms with E-state index in [1.807, 2.05) is 0 Å². The first-order valence-corrected chi connectivity index (χ1v) is 7.69. The van der Waals surface area contributed by atoms with Gasteiger partial charge in [0.05, 0.1) is 12.6 Å². The molecule has 0 aromatic carbocycles. The predicted octanol–water partition coefficient (Wildman–Crippen LogP) is -2.26. The number of nitrogens with two attached hydrogens (primary N) is 3. The Hall–Kier alpha value is -2.35. The Morgan fingerprint density at radius 1 is 0.923 bits per heavy atom. The summed E-state index contributed by atoms with van der Waals surface area (Å²) in [5, 5.41) is 29.0. The maximum absolute atomic E-state index is 11.4. The Bertz CT molecular complexity index is 457. The van der Waals surface area contributed by atoms with Gasteiger partial charge in [0.1, 0.15) is 12.2 Å². The minimum atomic E-state index is -1.62. The summed E-state index contributed by atoms with van der Waals surface area (Å²) in [6.45, 7) is -1.97. The smallest absolute Gasteiger partial charge is 0.423 e. The van der Waals surface area contributed by atoms with Crippen LogP contribution >= 0.6 is 0 Å². The van der Waals surface area contributed by atoms with Crippen LogP contribution < -0.4 is 17.2 Å². The highest BCUT2D eigenvalue weighted by atomic mass is 16.7. The van der Waals surface area contributed by atoms with Gasteiger partial charge in [-0.25, -0.2) is 14.4 Å². The summed E-state index contributed by atoms with van der Waals surface area (Å²) in [5.41, 5.74) is 13.3. The second-order valence-corrected chi connectivity index (χ2v) is 5.18. The second kappa shape index (κ2) is 12.1. The first-order chi connectivity index (χ1) is 12.2. The molecule has 13 nitrogen and oxygen atoms in total. The summed E-state index contributed by atoms with van der Waals surface area (Å²) in [6.07, 6.45) is -4.03. The van der Waals surface area contributed by atoms with Gasteiger partial charge in [-0.15, -0.1) is 5.06 Å². The van der Waals surface area contributed by atoms with E-state index in [0.29, 0.717) is 0 Å². The number of carbonyl (C=O) groups is 3. The van der Waals surface area contributed by atoms with Crippen LogP contribution in [0.2, 0.25) is 0 Å². The Morgan fingerprint density at radius 2 is 1.50 bits per heavy atom. The summed E-state index contributed by atoms with van der Waals surface area (Å²) in [6, 6.07) is -1.08. The standard InChI is InChI=1S/C13H26N4O9/c14-10(21)24-8-4-17(26-12(16)23)9(1-5-18)13(2-6-19,3-7-20)25-11(15)22/h9,18-20H,1-8H2,(H2,14,21)(H2,15,22)(H2,16,23). The Morgan fingerprint density at radius 3 is 1.88 bits per heavy atom. The van der Waals surface area contributed by atoms with Crippen LogP contribution in [0.15, 0.2) is 0 Å². The van der Waals surface area contributed by atoms with Gasteiger partial charge in [-0.2, -0.15) is 0 Å². The molecule has 0 fully saturated rings. The van der Waals surface area contributed by atoms with Crippen molar-refractivity contribution in [1.82, 2.24) is 5.06 Å². The Kier molecular flexibility index (Phi) is 11.0. The lowest BCUT2D eigenvalue weighted by Gasteiger charge is -2.43. The Labute approximate surface area is 149 Å². The highest BCUT2D eigenvalue weighted by Gasteiger charge is 2.46. The van der Waals surface area contributed by atoms with Gasteiger partial charge in [0.15, 0.2) is 0 Å². The van der Waals surface area contributed by atoms with Gasteiger partial charge in [0, 0.05) is 32.7 Å². The number of nitrogens with zero attached hydrogens (tertiary/aromatic N) is 1. The van der Waals surface area contributed by atoms with Gasteiger partial charge in [-0.05, 0) is 6.42 Å². The van der Waals surface area contributed by atoms with Gasteiger partial charge in [0.2, 0.25) is 0 Å². The van der Waals surface area contributed by atoms with Gasteiger partial charge < -0.3 is 46.8 Å². The van der Waals surface area contributed by atoms with E-state index in [9.17, 15) is 29.7 Å². The van der Waals surface area contributed by atoms with Crippen molar-refractivity contribution in [2.24, 2.45) is 17.2 Å². The maximum Gasteiger partial charge on any atom is 0.423 e. The fourth-order valence-corrected chi connectivity index (χ4v) is 2.62. The molecule has 152 valence electrons. The monoisotopic (exact) mass is 382 g/mol. The topological polar surface area (TPSA) is 221 Å². The maximum atomic E-state index is 11.4. The third-order valence-electron chi connectivity index (χ3n) is 3.49. The largest absolute Gasteiger partial charge is 0.448 e. The molecular formula is C13H26N4O9. The highest BCUT2D eigenvalue weighted by Crippen LogP contribution is 2.31. The summed E-state index contributed by atoms with van der Waals surface area (Å²) < 4.78 is 9.69. The van der Waals surface area contributed by atoms with Crippen LogP contribution in [0.3, 0.4) is 0 Å². The van der Waals surface area contributed by atoms with Crippen LogP contribution in [0.4, 0.5) is 14.4 Å². The zero-order valence-corrected chi connectivity index (χ0v) is 14.2. The summed E-state index contributed by atoms with van der Waals surface area (Å²) in [7, 11) is 0. The van der Waals surface area contributed by atoms with Gasteiger partial charge in [-0.1, -0.05) is 0 Å². The number of rotatable bonds is 13. The lowest BCUT2D eigenvalue weighted by Crippen LogP contribution is -2.58. The number of hydrogen-bond acceptors (Lipinski definition) is 10. The molecule has 0 bridgehead atoms. The molecule has 0 aliphatic heterocycles. The minimum Gasteiger partial charge on any atom is -0.448 e. The van der Waals surface area contributed by atoms with Crippen molar-refractivity contribution in [1.29, 1.82) is 0 Å². The molecule has 0 aromatic rings. The third kappa shape index (κ3) is 8.15. The minimum absolute atomic E-state index is 0.128. The molecule has 3 amide bonds. The van der Waals surface area contributed by atoms with Gasteiger partial charge in [-0.3, -0.25) is 0 Å². The molecule has 0 aliphatic rings. The number of hydrogen-bond donors (Lipinski definition) is 6. The van der Waals surface area contributed by atoms with E-state index in [1.54, 1.807) is 0 Å². The van der Waals surface area contributed by atoms with Crippen LogP contribution in [0.25, 0.3) is 0 Å². The molecular weight excluding hydrogens is 356 g/mol. The molecule has 0 saturated carbocycles. The van der Waals surface area contributed by atoms with E-state index in [0.717, 1.165) is 5.06 Å². The van der Waals surface area contributed by atoms with E-state index in [-0.39, 0.29) is 32.4 Å². The molecule has 0 rings (SSSR count). The number of amides is 3. The lowest BCUT2D eigenvalue weighted by atomic mass is 9.85. The van der Waals surface area contributed by atoms with E-state index in [1.165, 1.54) is 0 Å². The van der Waals surface area contributed by atoms with Gasteiger partial charge in [0.25, 0.3) is 0 Å². The first-order valence-electron chi connectivity index (χ1n) is 7.69. The summed E-state index contributed by atoms with van der Waals surface area (Å²) >= 11 is 0. The Balaban J connectivity index is 5.79. The zero-order chi connectivity index (χ0) is 20.2. The van der Waals surface area contributed by atoms with Crippen LogP contribution in [0, 0.1) is 0 Å². The number of aliphatic hydroxyl groups is 3. The fourth-order valence-electron chi connectivity index (χ4n) is 2.62. The molecule has 1 atom stereocenters. The number of primary amides is 3. The molecule has 0 heterocycles. The lowest BCUT2D eigenvalue weighted by molar-refractivity contribution is -0.197. The molecule has 26 heavy (non-hydrogen) atoms. The average Bonchev–Trinajstić information content (AvgIpc) is 2.50. The van der Waals surface area contributed by atoms with E-state index in [4.69, 9.17) is 26.8 Å². The quantitative estimate of drug-likeness (QED) is 0.188. The number of ether oxygens (including phenoxy) is 2. The van der Waals surface area contributed by atoms with Crippen molar-refractivity contribution in [3.05, 3.63) is 0 Å². The molecule has 0 aromatic heterocycles. The van der Waals surface area contributed by atoms with Crippen molar-refractivity contribution in [3.8, 4) is 0 Å². The zero-order valence-electron chi connectivity index (χ0n) is 14.2. The molecule has 13 heteroatoms. The van der Waals surface area contributed by atoms with Crippen LogP contribution in [-0.4, -0.2) is 83.3 Å². The molecule has 0 spiro atoms. The first kappa shape index (κ1) is 23.6.